The Kier molecular flexibility index (Phi) is 6.58. The molecule has 1 aliphatic rings. The van der Waals surface area contributed by atoms with E-state index in [4.69, 9.17) is 0 Å². The number of rotatable bonds is 6. The number of amides is 1. The number of carbonyl (C=O) groups excluding carboxylic acids is 1. The highest BCUT2D eigenvalue weighted by Gasteiger charge is 2.34. The monoisotopic (exact) mass is 502 g/mol. The molecule has 1 amide bonds. The van der Waals surface area contributed by atoms with E-state index in [9.17, 15) is 19.1 Å². The van der Waals surface area contributed by atoms with Crippen LogP contribution in [-0.2, 0) is 4.79 Å². The number of carboxylic acid groups (broad SMARTS) is 1. The molecule has 4 aromatic rings. The second-order valence-corrected chi connectivity index (χ2v) is 10.3. The number of hydrogen-bond donors (Lipinski definition) is 2. The molecule has 192 valence electrons. The fourth-order valence-corrected chi connectivity index (χ4v) is 5.19. The molecule has 2 N–H and O–H groups in total. The molecular weight excluding hydrogens is 471 g/mol. The summed E-state index contributed by atoms with van der Waals surface area (Å²) in [5, 5.41) is 15.3. The molecule has 2 aromatic heterocycles. The number of carboxylic acids is 1. The number of aromatic amines is 1. The van der Waals surface area contributed by atoms with Crippen molar-refractivity contribution < 1.29 is 19.1 Å². The van der Waals surface area contributed by atoms with Crippen LogP contribution in [0.3, 0.4) is 0 Å². The second kappa shape index (κ2) is 9.84. The van der Waals surface area contributed by atoms with Crippen molar-refractivity contribution in [3.63, 3.8) is 0 Å². The molecule has 7 nitrogen and oxygen atoms in total. The Morgan fingerprint density at radius 2 is 1.78 bits per heavy atom. The molecule has 0 aliphatic heterocycles. The Balaban J connectivity index is 1.46. The van der Waals surface area contributed by atoms with Crippen LogP contribution in [0.15, 0.2) is 54.7 Å². The van der Waals surface area contributed by atoms with Crippen LogP contribution in [0.4, 0.5) is 10.2 Å². The lowest BCUT2D eigenvalue weighted by molar-refractivity contribution is -0.124. The Labute approximate surface area is 214 Å². The van der Waals surface area contributed by atoms with Gasteiger partial charge in [-0.3, -0.25) is 9.69 Å². The van der Waals surface area contributed by atoms with Gasteiger partial charge in [-0.2, -0.15) is 0 Å². The lowest BCUT2D eigenvalue weighted by Crippen LogP contribution is -2.43. The molecule has 0 saturated heterocycles. The first-order valence-electron chi connectivity index (χ1n) is 12.8. The van der Waals surface area contributed by atoms with Crippen LogP contribution < -0.4 is 4.90 Å². The van der Waals surface area contributed by atoms with Gasteiger partial charge in [0.1, 0.15) is 11.4 Å². The molecule has 0 unspecified atom stereocenters. The summed E-state index contributed by atoms with van der Waals surface area (Å²) in [5.41, 5.74) is 3.25. The van der Waals surface area contributed by atoms with Gasteiger partial charge in [-0.15, -0.1) is 5.10 Å². The molecule has 37 heavy (non-hydrogen) atoms. The van der Waals surface area contributed by atoms with Crippen molar-refractivity contribution >= 4 is 28.6 Å². The van der Waals surface area contributed by atoms with Gasteiger partial charge in [0.25, 0.3) is 0 Å². The number of halogens is 1. The van der Waals surface area contributed by atoms with Crippen molar-refractivity contribution in [1.82, 2.24) is 14.8 Å². The van der Waals surface area contributed by atoms with Gasteiger partial charge in [-0.1, -0.05) is 19.1 Å². The molecule has 1 saturated carbocycles. The Morgan fingerprint density at radius 3 is 2.43 bits per heavy atom. The van der Waals surface area contributed by atoms with Crippen LogP contribution in [0.2, 0.25) is 0 Å². The third-order valence-corrected chi connectivity index (χ3v) is 7.30. The maximum atomic E-state index is 13.6. The third-order valence-electron chi connectivity index (χ3n) is 7.30. The number of hydrogen-bond acceptors (Lipinski definition) is 3. The van der Waals surface area contributed by atoms with Gasteiger partial charge in [-0.25, -0.2) is 13.9 Å². The zero-order chi connectivity index (χ0) is 26.3. The van der Waals surface area contributed by atoms with E-state index in [1.165, 1.54) is 23.0 Å². The first-order chi connectivity index (χ1) is 17.7. The number of carbonyl (C=O) groups is 2. The van der Waals surface area contributed by atoms with E-state index >= 15 is 0 Å². The van der Waals surface area contributed by atoms with Gasteiger partial charge in [0.2, 0.25) is 5.91 Å². The molecule has 0 spiro atoms. The summed E-state index contributed by atoms with van der Waals surface area (Å²) >= 11 is 0. The summed E-state index contributed by atoms with van der Waals surface area (Å²) < 4.78 is 15.1. The topological polar surface area (TPSA) is 91.2 Å². The van der Waals surface area contributed by atoms with Gasteiger partial charge in [0.15, 0.2) is 5.82 Å². The molecule has 1 fully saturated rings. The highest BCUT2D eigenvalue weighted by molar-refractivity contribution is 6.01. The highest BCUT2D eigenvalue weighted by Crippen LogP contribution is 2.33. The summed E-state index contributed by atoms with van der Waals surface area (Å²) in [6.45, 7) is 5.97. The number of benzene rings is 2. The smallest absolute Gasteiger partial charge is 0.341 e. The van der Waals surface area contributed by atoms with E-state index in [1.807, 2.05) is 44.2 Å². The van der Waals surface area contributed by atoms with Crippen LogP contribution >= 0.6 is 0 Å². The number of nitrogens with one attached hydrogen (secondary N) is 1. The largest absolute Gasteiger partial charge is 0.477 e. The zero-order valence-electron chi connectivity index (χ0n) is 21.2. The van der Waals surface area contributed by atoms with E-state index in [2.05, 4.69) is 17.0 Å². The number of aromatic carboxylic acids is 1. The summed E-state index contributed by atoms with van der Waals surface area (Å²) in [4.78, 5) is 30.5. The minimum atomic E-state index is -1.13. The first-order valence-corrected chi connectivity index (χ1v) is 12.8. The van der Waals surface area contributed by atoms with E-state index in [1.54, 1.807) is 11.0 Å². The average Bonchev–Trinajstić information content (AvgIpc) is 3.49. The number of aromatic nitrogens is 3. The minimum absolute atomic E-state index is 0.00653. The maximum Gasteiger partial charge on any atom is 0.341 e. The van der Waals surface area contributed by atoms with Crippen LogP contribution in [0.25, 0.3) is 27.8 Å². The molecule has 1 aliphatic carbocycles. The van der Waals surface area contributed by atoms with Crippen LogP contribution in [0.1, 0.15) is 56.8 Å². The Morgan fingerprint density at radius 1 is 1.08 bits per heavy atom. The quantitative estimate of drug-likeness (QED) is 0.318. The molecule has 0 bridgehead atoms. The Hall–Kier alpha value is -3.94. The van der Waals surface area contributed by atoms with Gasteiger partial charge in [-0.05, 0) is 87.4 Å². The van der Waals surface area contributed by atoms with Crippen molar-refractivity contribution in [1.29, 1.82) is 0 Å². The molecule has 2 heterocycles. The minimum Gasteiger partial charge on any atom is -0.477 e. The predicted molar refractivity (Wildman–Crippen MR) is 142 cm³/mol. The number of fused-ring (bicyclic) bond motifs is 1. The number of H-pyrrole nitrogens is 1. The van der Waals surface area contributed by atoms with Gasteiger partial charge in [0, 0.05) is 34.8 Å². The highest BCUT2D eigenvalue weighted by atomic mass is 19.1. The standard InChI is InChI=1S/C29H31FN4O3/c1-17(2)34(28(35)20-6-4-18(3)5-7-20)27-24(29(36)37)16-33(32-27)23-11-8-19(9-12-23)26-15-21-14-22(30)10-13-25(21)31-26/h8-18,20,31H,4-7H2,1-3H3,(H,36,37). The summed E-state index contributed by atoms with van der Waals surface area (Å²) in [6.07, 6.45) is 5.09. The van der Waals surface area contributed by atoms with Crippen LogP contribution in [0.5, 0.6) is 0 Å². The summed E-state index contributed by atoms with van der Waals surface area (Å²) in [7, 11) is 0. The zero-order valence-corrected chi connectivity index (χ0v) is 21.2. The predicted octanol–water partition coefficient (Wildman–Crippen LogP) is 6.43. The van der Waals surface area contributed by atoms with Crippen molar-refractivity contribution in [3.05, 3.63) is 66.1 Å². The average molecular weight is 503 g/mol. The van der Waals surface area contributed by atoms with E-state index in [-0.39, 0.29) is 35.1 Å². The van der Waals surface area contributed by atoms with Crippen molar-refractivity contribution in [2.75, 3.05) is 4.90 Å². The Bertz CT molecular complexity index is 1450. The molecule has 0 atom stereocenters. The van der Waals surface area contributed by atoms with Gasteiger partial charge < -0.3 is 10.1 Å². The number of nitrogens with zero attached hydrogens (tertiary/aromatic N) is 3. The molecule has 0 radical (unpaired) electrons. The SMILES string of the molecule is CC1CCC(C(=O)N(c2nn(-c3ccc(-c4cc5cc(F)ccc5[nH]4)cc3)cc2C(=O)O)C(C)C)CC1. The lowest BCUT2D eigenvalue weighted by Gasteiger charge is -2.32. The molecule has 5 rings (SSSR count). The molecular formula is C29H31FN4O3. The van der Waals surface area contributed by atoms with Gasteiger partial charge >= 0.3 is 5.97 Å². The first kappa shape index (κ1) is 24.7. The van der Waals surface area contributed by atoms with Crippen LogP contribution in [0, 0.1) is 17.7 Å². The normalized spacial score (nSPS) is 17.9. The third kappa shape index (κ3) is 4.88. The molecule has 8 heteroatoms. The van der Waals surface area contributed by atoms with Gasteiger partial charge in [0.05, 0.1) is 5.69 Å². The maximum absolute atomic E-state index is 13.6. The molecule has 2 aromatic carbocycles. The fraction of sp³-hybridized carbons (Fsp3) is 0.345. The van der Waals surface area contributed by atoms with E-state index < -0.39 is 5.97 Å². The van der Waals surface area contributed by atoms with Crippen molar-refractivity contribution in [2.24, 2.45) is 11.8 Å². The summed E-state index contributed by atoms with van der Waals surface area (Å²) in [5.74, 6) is -0.802. The van der Waals surface area contributed by atoms with Crippen molar-refractivity contribution in [2.45, 2.75) is 52.5 Å². The van der Waals surface area contributed by atoms with Crippen molar-refractivity contribution in [3.8, 4) is 16.9 Å². The van der Waals surface area contributed by atoms with E-state index in [0.29, 0.717) is 11.6 Å². The van der Waals surface area contributed by atoms with E-state index in [0.717, 1.165) is 47.8 Å². The number of anilines is 1. The summed E-state index contributed by atoms with van der Waals surface area (Å²) in [6, 6.07) is 13.7. The lowest BCUT2D eigenvalue weighted by atomic mass is 9.82. The second-order valence-electron chi connectivity index (χ2n) is 10.3. The van der Waals surface area contributed by atoms with Crippen LogP contribution in [-0.4, -0.2) is 37.8 Å². The fourth-order valence-electron chi connectivity index (χ4n) is 5.19.